The number of amides is 2. The number of carbonyl (C=O) groups excluding carboxylic acids is 2. The van der Waals surface area contributed by atoms with Gasteiger partial charge in [-0.3, -0.25) is 19.3 Å². The van der Waals surface area contributed by atoms with Gasteiger partial charge in [0, 0.05) is 60.1 Å². The van der Waals surface area contributed by atoms with E-state index in [1.807, 2.05) is 17.2 Å². The standard InChI is InChI=1S/C25H24ClFN6O2/c1-15(34)33(20-2-3-20)14-18-5-7-32(31-18)13-19-8-16(4-6-28-19)25(35)30-11-17-9-21-22(26)12-29-24(21)10-23(17)27/h4-10,12,20,29H,2-3,11,13-14H2,1H3,(H,30,35). The molecule has 5 rings (SSSR count). The predicted octanol–water partition coefficient (Wildman–Crippen LogP) is 4.04. The number of pyridine rings is 1. The molecule has 1 fully saturated rings. The summed E-state index contributed by atoms with van der Waals surface area (Å²) in [7, 11) is 0. The van der Waals surface area contributed by atoms with Crippen molar-refractivity contribution in [2.75, 3.05) is 0 Å². The van der Waals surface area contributed by atoms with Gasteiger partial charge in [-0.25, -0.2) is 4.39 Å². The van der Waals surface area contributed by atoms with Crippen LogP contribution in [-0.4, -0.2) is 42.5 Å². The van der Waals surface area contributed by atoms with Gasteiger partial charge in [0.25, 0.3) is 5.91 Å². The first-order chi connectivity index (χ1) is 16.9. The Morgan fingerprint density at radius 1 is 1.26 bits per heavy atom. The fourth-order valence-corrected chi connectivity index (χ4v) is 4.28. The lowest BCUT2D eigenvalue weighted by Gasteiger charge is -2.18. The van der Waals surface area contributed by atoms with Gasteiger partial charge in [-0.2, -0.15) is 5.10 Å². The van der Waals surface area contributed by atoms with E-state index in [2.05, 4.69) is 20.4 Å². The molecule has 2 N–H and O–H groups in total. The van der Waals surface area contributed by atoms with Crippen molar-refractivity contribution in [1.82, 2.24) is 30.0 Å². The molecule has 0 bridgehead atoms. The highest BCUT2D eigenvalue weighted by Crippen LogP contribution is 2.28. The Balaban J connectivity index is 1.22. The topological polar surface area (TPSA) is 95.9 Å². The summed E-state index contributed by atoms with van der Waals surface area (Å²) in [5.41, 5.74) is 2.83. The minimum absolute atomic E-state index is 0.0237. The van der Waals surface area contributed by atoms with E-state index in [0.29, 0.717) is 51.9 Å². The van der Waals surface area contributed by atoms with Gasteiger partial charge in [0.1, 0.15) is 5.82 Å². The van der Waals surface area contributed by atoms with Crippen molar-refractivity contribution in [2.45, 2.75) is 45.4 Å². The molecule has 3 aromatic heterocycles. The SMILES string of the molecule is CC(=O)N(Cc1ccn(Cc2cc(C(=O)NCc3cc4c(Cl)c[nH]c4cc3F)ccn2)n1)C1CC1. The van der Waals surface area contributed by atoms with Crippen LogP contribution in [0.15, 0.2) is 48.9 Å². The largest absolute Gasteiger partial charge is 0.360 e. The van der Waals surface area contributed by atoms with Crippen molar-refractivity contribution in [2.24, 2.45) is 0 Å². The smallest absolute Gasteiger partial charge is 0.251 e. The normalized spacial score (nSPS) is 13.2. The monoisotopic (exact) mass is 494 g/mol. The van der Waals surface area contributed by atoms with Gasteiger partial charge in [-0.05, 0) is 43.2 Å². The van der Waals surface area contributed by atoms with Gasteiger partial charge in [-0.1, -0.05) is 11.6 Å². The summed E-state index contributed by atoms with van der Waals surface area (Å²) >= 11 is 6.12. The highest BCUT2D eigenvalue weighted by Gasteiger charge is 2.31. The first-order valence-corrected chi connectivity index (χ1v) is 11.7. The minimum atomic E-state index is -0.425. The summed E-state index contributed by atoms with van der Waals surface area (Å²) in [4.78, 5) is 33.7. The average molecular weight is 495 g/mol. The lowest BCUT2D eigenvalue weighted by atomic mass is 10.1. The summed E-state index contributed by atoms with van der Waals surface area (Å²) in [5.74, 6) is -0.708. The Hall–Kier alpha value is -3.72. The van der Waals surface area contributed by atoms with E-state index in [4.69, 9.17) is 11.6 Å². The van der Waals surface area contributed by atoms with Crippen molar-refractivity contribution < 1.29 is 14.0 Å². The number of benzene rings is 1. The van der Waals surface area contributed by atoms with Crippen LogP contribution in [0.5, 0.6) is 0 Å². The molecule has 8 nitrogen and oxygen atoms in total. The Morgan fingerprint density at radius 2 is 2.09 bits per heavy atom. The third-order valence-electron chi connectivity index (χ3n) is 6.06. The second kappa shape index (κ2) is 9.50. The van der Waals surface area contributed by atoms with Crippen molar-refractivity contribution in [3.8, 4) is 0 Å². The van der Waals surface area contributed by atoms with Crippen LogP contribution in [0.2, 0.25) is 5.02 Å². The van der Waals surface area contributed by atoms with Crippen molar-refractivity contribution in [1.29, 1.82) is 0 Å². The van der Waals surface area contributed by atoms with Gasteiger partial charge in [0.15, 0.2) is 0 Å². The lowest BCUT2D eigenvalue weighted by molar-refractivity contribution is -0.130. The molecule has 0 atom stereocenters. The minimum Gasteiger partial charge on any atom is -0.360 e. The average Bonchev–Trinajstić information content (AvgIpc) is 3.49. The van der Waals surface area contributed by atoms with Crippen molar-refractivity contribution >= 4 is 34.3 Å². The Morgan fingerprint density at radius 3 is 2.86 bits per heavy atom. The lowest BCUT2D eigenvalue weighted by Crippen LogP contribution is -2.30. The molecule has 180 valence electrons. The van der Waals surface area contributed by atoms with Gasteiger partial charge in [0.05, 0.1) is 29.5 Å². The number of rotatable bonds is 8. The molecule has 0 spiro atoms. The quantitative estimate of drug-likeness (QED) is 0.386. The van der Waals surface area contributed by atoms with Gasteiger partial charge < -0.3 is 15.2 Å². The maximum Gasteiger partial charge on any atom is 0.251 e. The number of hydrogen-bond acceptors (Lipinski definition) is 4. The second-order valence-electron chi connectivity index (χ2n) is 8.73. The van der Waals surface area contributed by atoms with Crippen LogP contribution in [0.1, 0.15) is 47.1 Å². The van der Waals surface area contributed by atoms with E-state index in [-0.39, 0.29) is 18.4 Å². The van der Waals surface area contributed by atoms with Crippen molar-refractivity contribution in [3.63, 3.8) is 0 Å². The number of carbonyl (C=O) groups is 2. The van der Waals surface area contributed by atoms with Crippen LogP contribution in [0.4, 0.5) is 4.39 Å². The van der Waals surface area contributed by atoms with E-state index in [1.54, 1.807) is 42.2 Å². The summed E-state index contributed by atoms with van der Waals surface area (Å²) in [6.07, 6.45) is 7.08. The zero-order valence-electron chi connectivity index (χ0n) is 19.1. The number of nitrogens with zero attached hydrogens (tertiary/aromatic N) is 4. The molecular formula is C25H24ClFN6O2. The van der Waals surface area contributed by atoms with Gasteiger partial charge >= 0.3 is 0 Å². The number of fused-ring (bicyclic) bond motifs is 1. The Bertz CT molecular complexity index is 1410. The zero-order valence-corrected chi connectivity index (χ0v) is 19.8. The van der Waals surface area contributed by atoms with E-state index >= 15 is 0 Å². The molecule has 1 aliphatic rings. The highest BCUT2D eigenvalue weighted by atomic mass is 35.5. The molecule has 2 amide bonds. The third kappa shape index (κ3) is 5.19. The van der Waals surface area contributed by atoms with Crippen molar-refractivity contribution in [3.05, 3.63) is 82.3 Å². The molecule has 1 saturated carbocycles. The Labute approximate surface area is 206 Å². The van der Waals surface area contributed by atoms with Crippen LogP contribution >= 0.6 is 11.6 Å². The van der Waals surface area contributed by atoms with Crippen LogP contribution in [-0.2, 0) is 24.4 Å². The molecule has 4 aromatic rings. The van der Waals surface area contributed by atoms with Crippen LogP contribution < -0.4 is 5.32 Å². The second-order valence-corrected chi connectivity index (χ2v) is 9.13. The first kappa shape index (κ1) is 23.0. The van der Waals surface area contributed by atoms with Crippen LogP contribution in [0.25, 0.3) is 10.9 Å². The fraction of sp³-hybridized carbons (Fsp3) is 0.280. The summed E-state index contributed by atoms with van der Waals surface area (Å²) < 4.78 is 16.1. The number of nitrogens with one attached hydrogen (secondary N) is 2. The number of H-pyrrole nitrogens is 1. The maximum absolute atomic E-state index is 14.4. The molecule has 1 aromatic carbocycles. The first-order valence-electron chi connectivity index (χ1n) is 11.3. The molecule has 0 unspecified atom stereocenters. The number of halogens is 2. The number of hydrogen-bond donors (Lipinski definition) is 2. The molecule has 0 radical (unpaired) electrons. The molecule has 0 aliphatic heterocycles. The third-order valence-corrected chi connectivity index (χ3v) is 6.37. The number of aromatic nitrogens is 4. The summed E-state index contributed by atoms with van der Waals surface area (Å²) in [6, 6.07) is 8.50. The Kier molecular flexibility index (Phi) is 6.25. The molecule has 35 heavy (non-hydrogen) atoms. The highest BCUT2D eigenvalue weighted by molar-refractivity contribution is 6.35. The van der Waals surface area contributed by atoms with E-state index in [0.717, 1.165) is 18.5 Å². The summed E-state index contributed by atoms with van der Waals surface area (Å²) in [5, 5.41) is 8.50. The summed E-state index contributed by atoms with van der Waals surface area (Å²) in [6.45, 7) is 2.47. The zero-order chi connectivity index (χ0) is 24.5. The van der Waals surface area contributed by atoms with Gasteiger partial charge in [-0.15, -0.1) is 0 Å². The predicted molar refractivity (Wildman–Crippen MR) is 129 cm³/mol. The maximum atomic E-state index is 14.4. The fourth-order valence-electron chi connectivity index (χ4n) is 4.07. The van der Waals surface area contributed by atoms with Crippen LogP contribution in [0.3, 0.4) is 0 Å². The molecular weight excluding hydrogens is 471 g/mol. The van der Waals surface area contributed by atoms with E-state index in [9.17, 15) is 14.0 Å². The molecule has 0 saturated heterocycles. The number of aromatic amines is 1. The van der Waals surface area contributed by atoms with Gasteiger partial charge in [0.2, 0.25) is 5.91 Å². The van der Waals surface area contributed by atoms with E-state index in [1.165, 1.54) is 6.07 Å². The van der Waals surface area contributed by atoms with E-state index < -0.39 is 5.82 Å². The molecule has 1 aliphatic carbocycles. The molecule has 10 heteroatoms. The van der Waals surface area contributed by atoms with Crippen LogP contribution in [0, 0.1) is 5.82 Å². The molecule has 3 heterocycles.